The average Bonchev–Trinajstić information content (AvgIpc) is 1.68. The van der Waals surface area contributed by atoms with Crippen LogP contribution in [0.25, 0.3) is 0 Å². The quantitative estimate of drug-likeness (QED) is 0.0266. The third-order valence-corrected chi connectivity index (χ3v) is 30.3. The van der Waals surface area contributed by atoms with Crippen molar-refractivity contribution in [2.45, 2.75) is 308 Å². The summed E-state index contributed by atoms with van der Waals surface area (Å²) in [5.41, 5.74) is -3.23. The molecule has 100 heavy (non-hydrogen) atoms. The van der Waals surface area contributed by atoms with Crippen LogP contribution in [0.15, 0.2) is 0 Å². The minimum atomic E-state index is -4.62. The van der Waals surface area contributed by atoms with Crippen molar-refractivity contribution in [3.63, 3.8) is 0 Å². The normalized spacial score (nSPS) is 34.9. The molecule has 0 aromatic rings. The first-order valence-electron chi connectivity index (χ1n) is 33.3. The number of rotatable bonds is 35. The van der Waals surface area contributed by atoms with E-state index in [-0.39, 0.29) is 94.1 Å². The monoisotopic (exact) mass is 1630 g/mol. The summed E-state index contributed by atoms with van der Waals surface area (Å²) in [7, 11) is -36.0. The molecule has 6 heterocycles. The molecule has 6 fully saturated rings. The molecule has 0 saturated carbocycles. The van der Waals surface area contributed by atoms with E-state index >= 15 is 0 Å². The second-order valence-electron chi connectivity index (χ2n) is 27.2. The van der Waals surface area contributed by atoms with Gasteiger partial charge in [0.2, 0.25) is 0 Å². The molecule has 0 amide bonds. The van der Waals surface area contributed by atoms with Gasteiger partial charge in [0, 0.05) is 38.5 Å². The van der Waals surface area contributed by atoms with E-state index in [4.69, 9.17) is 82.7 Å². The number of phosphoric ester groups is 3. The third kappa shape index (κ3) is 32.9. The van der Waals surface area contributed by atoms with E-state index in [1.165, 1.54) is 20.8 Å². The van der Waals surface area contributed by atoms with Gasteiger partial charge in [0.15, 0.2) is 0 Å². The second kappa shape index (κ2) is 40.8. The zero-order valence-electron chi connectivity index (χ0n) is 60.5. The van der Waals surface area contributed by atoms with E-state index in [0.29, 0.717) is 25.9 Å². The van der Waals surface area contributed by atoms with Gasteiger partial charge in [-0.15, -0.1) is 0 Å². The van der Waals surface area contributed by atoms with Gasteiger partial charge in [-0.2, -0.15) is 0 Å². The van der Waals surface area contributed by atoms with E-state index in [1.807, 2.05) is 13.8 Å². The molecule has 9 unspecified atom stereocenters. The Bertz CT molecular complexity index is 2940. The van der Waals surface area contributed by atoms with Crippen LogP contribution in [0.5, 0.6) is 0 Å². The smallest absolute Gasteiger partial charge is 0.376 e. The van der Waals surface area contributed by atoms with E-state index in [9.17, 15) is 85.1 Å². The zero-order valence-corrected chi connectivity index (χ0v) is 68.6. The first-order chi connectivity index (χ1) is 45.5. The summed E-state index contributed by atoms with van der Waals surface area (Å²) < 4.78 is 203. The molecule has 6 aliphatic heterocycles. The van der Waals surface area contributed by atoms with Crippen LogP contribution in [0.4, 0.5) is 0 Å². The summed E-state index contributed by atoms with van der Waals surface area (Å²) in [6.07, 6.45) is -7.51. The van der Waals surface area contributed by atoms with Crippen LogP contribution in [0, 0.1) is 0 Å². The molecule has 596 valence electrons. The highest BCUT2D eigenvalue weighted by molar-refractivity contribution is 7.55. The number of ether oxygens (including phenoxy) is 6. The third-order valence-electron chi connectivity index (χ3n) is 16.1. The summed E-state index contributed by atoms with van der Waals surface area (Å²) >= 11 is 0. The molecular formula is C55H115O36P9. The van der Waals surface area contributed by atoms with Crippen LogP contribution in [0.2, 0.25) is 0 Å². The first-order valence-corrected chi connectivity index (χ1v) is 47.7. The molecule has 0 aromatic heterocycles. The molecular weight excluding hydrogens is 1520 g/mol. The molecule has 36 nitrogen and oxygen atoms in total. The maximum Gasteiger partial charge on any atom is 0.472 e. The van der Waals surface area contributed by atoms with Gasteiger partial charge in [-0.25, -0.2) is 13.7 Å². The number of hydrogen-bond donors (Lipinski definition) is 9. The van der Waals surface area contributed by atoms with Gasteiger partial charge < -0.3 is 99.6 Å². The summed E-state index contributed by atoms with van der Waals surface area (Å²) in [5, 5.41) is 0. The minimum absolute atomic E-state index is 0.0343. The SMILES string of the molecule is CC(C)P(=O)(O)OC[C@H]1O[C@@H](C)C[C@@H]1OP(=O)(O)C(C)C.CC(C)P(=O)(O)OC[C@H]1O[C@@H](C)C[C@@H]1OP(=O)(O)OC[C@H]1O[C@@H](C)C[C@@H]1OP(=O)(O)C(C)C.CC(C)P(=O)(O)O[C@@H]1CO[C@@H](C)C1.CCOP(=O)(O)O[C@H]1C[C@H](C)O[C@@H]1COP(=O)(O)O[C@H]1C[C@H](C)O[C@@H]1COP(=O)(O)C(C)C. The minimum Gasteiger partial charge on any atom is -0.376 e. The van der Waals surface area contributed by atoms with Crippen molar-refractivity contribution in [3.8, 4) is 0 Å². The summed E-state index contributed by atoms with van der Waals surface area (Å²) in [5.74, 6) is 0. The predicted octanol–water partition coefficient (Wildman–Crippen LogP) is 10.9. The molecule has 9 N–H and O–H groups in total. The van der Waals surface area contributed by atoms with E-state index in [0.717, 1.165) is 0 Å². The van der Waals surface area contributed by atoms with E-state index in [2.05, 4.69) is 0 Å². The lowest BCUT2D eigenvalue weighted by Gasteiger charge is -2.26. The van der Waals surface area contributed by atoms with Crippen LogP contribution in [-0.2, 0) is 124 Å². The van der Waals surface area contributed by atoms with Crippen molar-refractivity contribution in [1.82, 2.24) is 0 Å². The second-order valence-corrected chi connectivity index (χ2v) is 45.8. The first kappa shape index (κ1) is 95.2. The van der Waals surface area contributed by atoms with Gasteiger partial charge in [-0.3, -0.25) is 54.5 Å². The lowest BCUT2D eigenvalue weighted by molar-refractivity contribution is -0.0337. The standard InChI is InChI=1S/C18H37O12P3.C17H35O13P3.C12H26O7P2.C8H17O4P/c1-11(2)31(19,20)25-9-17-16(8-14(6)27-17)30-33(23,24)26-10-18-15(7-13(5)28-18)29-32(21,22)12(3)4;1-6-24-32(20,21)29-15-8-13(5)28-17(15)10-26-33(22,23)30-14-7-12(4)27-16(14)9-25-31(18,19)11(2)3;1-8(2)20(13,14)17-7-12-11(6-10(5)18-12)19-21(15,16)9(3)4;1-6(2)13(9,10)12-8-4-7(3)11-5-8/h11-18H,7-10H2,1-6H3,(H,19,20)(H,21,22)(H,23,24);11-17H,6-10H2,1-5H3,(H,18,19)(H,20,21)(H,22,23);8-12H,6-7H2,1-5H3,(H,13,14)(H,15,16);6-8H,4-5H2,1-3H3,(H,9,10)/t13-,14-,15-,16-,17+,18+;12-,13-,14-,15-,16+,17+;10-,11-,12+;7-,8-/m0000/s1. The van der Waals surface area contributed by atoms with Gasteiger partial charge >= 0.3 is 69.0 Å². The molecule has 45 heteroatoms. The summed E-state index contributed by atoms with van der Waals surface area (Å²) in [4.78, 5) is 88.7. The van der Waals surface area contributed by atoms with Crippen LogP contribution in [0.3, 0.4) is 0 Å². The molecule has 0 radical (unpaired) electrons. The van der Waals surface area contributed by atoms with Crippen LogP contribution in [-0.4, -0.2) is 228 Å². The Morgan fingerprint density at radius 2 is 0.520 bits per heavy atom. The van der Waals surface area contributed by atoms with Crippen molar-refractivity contribution in [1.29, 1.82) is 0 Å². The van der Waals surface area contributed by atoms with Gasteiger partial charge in [0.1, 0.15) is 48.8 Å². The summed E-state index contributed by atoms with van der Waals surface area (Å²) in [6, 6.07) is 0. The van der Waals surface area contributed by atoms with Crippen LogP contribution >= 0.6 is 69.0 Å². The van der Waals surface area contributed by atoms with Crippen molar-refractivity contribution in [2.24, 2.45) is 0 Å². The molecule has 0 spiro atoms. The largest absolute Gasteiger partial charge is 0.472 e. The Kier molecular flexibility index (Phi) is 38.8. The highest BCUT2D eigenvalue weighted by atomic mass is 31.2. The van der Waals surface area contributed by atoms with E-state index < -0.39 is 172 Å². The van der Waals surface area contributed by atoms with Gasteiger partial charge in [-0.1, -0.05) is 83.1 Å². The topological polar surface area (TPSA) is 502 Å². The Morgan fingerprint density at radius 1 is 0.300 bits per heavy atom. The van der Waals surface area contributed by atoms with Crippen molar-refractivity contribution >= 4 is 69.0 Å². The highest BCUT2D eigenvalue weighted by Gasteiger charge is 2.48. The lowest BCUT2D eigenvalue weighted by atomic mass is 10.1. The van der Waals surface area contributed by atoms with Gasteiger partial charge in [0.25, 0.3) is 0 Å². The number of hydrogen-bond acceptors (Lipinski definition) is 27. The van der Waals surface area contributed by atoms with Crippen molar-refractivity contribution < 1.29 is 168 Å². The Morgan fingerprint density at radius 3 is 0.740 bits per heavy atom. The molecule has 26 atom stereocenters. The Labute approximate surface area is 588 Å². The molecule has 6 aliphatic rings. The zero-order chi connectivity index (χ0) is 76.7. The van der Waals surface area contributed by atoms with Crippen LogP contribution in [0.1, 0.15) is 170 Å². The van der Waals surface area contributed by atoms with Gasteiger partial charge in [-0.05, 0) is 48.5 Å². The highest BCUT2D eigenvalue weighted by Crippen LogP contribution is 2.57. The maximum absolute atomic E-state index is 12.6. The van der Waals surface area contributed by atoms with Crippen molar-refractivity contribution in [2.75, 3.05) is 46.2 Å². The molecule has 6 rings (SSSR count). The fourth-order valence-electron chi connectivity index (χ4n) is 9.80. The van der Waals surface area contributed by atoms with Crippen LogP contribution < -0.4 is 0 Å². The lowest BCUT2D eigenvalue weighted by Crippen LogP contribution is -2.31. The van der Waals surface area contributed by atoms with E-state index in [1.54, 1.807) is 96.9 Å². The number of phosphoric acid groups is 3. The van der Waals surface area contributed by atoms with Gasteiger partial charge in [0.05, 0.1) is 135 Å². The molecule has 0 bridgehead atoms. The molecule has 6 saturated heterocycles. The fourth-order valence-corrected chi connectivity index (χ4v) is 17.2. The Hall–Kier alpha value is 0.990. The fraction of sp³-hybridized carbons (Fsp3) is 1.00. The molecule has 0 aliphatic carbocycles. The maximum atomic E-state index is 12.6. The molecule has 0 aromatic carbocycles. The Balaban J connectivity index is 0.000000365. The average molecular weight is 1630 g/mol. The summed E-state index contributed by atoms with van der Waals surface area (Å²) in [6.45, 7) is 30.1. The van der Waals surface area contributed by atoms with Crippen molar-refractivity contribution in [3.05, 3.63) is 0 Å². The predicted molar refractivity (Wildman–Crippen MR) is 365 cm³/mol.